The maximum absolute atomic E-state index is 10.8. The Morgan fingerprint density at radius 2 is 2.58 bits per heavy atom. The van der Waals surface area contributed by atoms with E-state index in [4.69, 9.17) is 0 Å². The van der Waals surface area contributed by atoms with E-state index in [2.05, 4.69) is 4.74 Å². The highest BCUT2D eigenvalue weighted by Crippen LogP contribution is 2.27. The van der Waals surface area contributed by atoms with Crippen LogP contribution in [0.2, 0.25) is 0 Å². The van der Waals surface area contributed by atoms with Crippen molar-refractivity contribution in [2.45, 2.75) is 18.9 Å². The third kappa shape index (κ3) is 2.68. The van der Waals surface area contributed by atoms with E-state index in [0.29, 0.717) is 0 Å². The van der Waals surface area contributed by atoms with Crippen LogP contribution in [-0.2, 0) is 9.53 Å². The van der Waals surface area contributed by atoms with Crippen LogP contribution in [0.15, 0.2) is 0 Å². The molecule has 0 aliphatic carbocycles. The lowest BCUT2D eigenvalue weighted by atomic mass is 9.99. The number of rotatable bonds is 3. The standard InChI is InChI=1S/C8H14O3S/c1-11-8(10)4-7(9)6-2-3-12-5-6/h6-7,9H,2-5H2,1H3/t6?,7-/m0/s1. The number of aliphatic hydroxyl groups is 1. The van der Waals surface area contributed by atoms with E-state index in [1.807, 2.05) is 11.8 Å². The molecular weight excluding hydrogens is 176 g/mol. The first-order valence-electron chi connectivity index (χ1n) is 4.06. The van der Waals surface area contributed by atoms with Gasteiger partial charge in [0.25, 0.3) is 0 Å². The number of esters is 1. The first kappa shape index (κ1) is 9.86. The number of carbonyl (C=O) groups excluding carboxylic acids is 1. The maximum Gasteiger partial charge on any atom is 0.308 e. The van der Waals surface area contributed by atoms with Gasteiger partial charge in [0.15, 0.2) is 0 Å². The number of hydrogen-bond donors (Lipinski definition) is 1. The van der Waals surface area contributed by atoms with Gasteiger partial charge in [0.2, 0.25) is 0 Å². The molecule has 1 saturated heterocycles. The molecule has 70 valence electrons. The Labute approximate surface area is 76.5 Å². The van der Waals surface area contributed by atoms with E-state index in [0.717, 1.165) is 17.9 Å². The average Bonchev–Trinajstić information content (AvgIpc) is 2.56. The molecule has 2 atom stereocenters. The lowest BCUT2D eigenvalue weighted by Crippen LogP contribution is -2.23. The third-order valence-corrected chi connectivity index (χ3v) is 3.30. The minimum atomic E-state index is -0.507. The number of methoxy groups -OCH3 is 1. The molecule has 3 nitrogen and oxygen atoms in total. The highest BCUT2D eigenvalue weighted by molar-refractivity contribution is 7.99. The smallest absolute Gasteiger partial charge is 0.308 e. The maximum atomic E-state index is 10.8. The fraction of sp³-hybridized carbons (Fsp3) is 0.875. The zero-order valence-electron chi connectivity index (χ0n) is 7.16. The average molecular weight is 190 g/mol. The zero-order chi connectivity index (χ0) is 8.97. The zero-order valence-corrected chi connectivity index (χ0v) is 7.97. The molecule has 0 saturated carbocycles. The topological polar surface area (TPSA) is 46.5 Å². The van der Waals surface area contributed by atoms with E-state index >= 15 is 0 Å². The lowest BCUT2D eigenvalue weighted by molar-refractivity contribution is -0.143. The van der Waals surface area contributed by atoms with Crippen molar-refractivity contribution in [3.8, 4) is 0 Å². The van der Waals surface area contributed by atoms with E-state index in [1.165, 1.54) is 7.11 Å². The molecule has 1 aliphatic rings. The molecule has 4 heteroatoms. The fourth-order valence-electron chi connectivity index (χ4n) is 1.28. The van der Waals surface area contributed by atoms with Crippen LogP contribution in [0, 0.1) is 5.92 Å². The number of aliphatic hydroxyl groups excluding tert-OH is 1. The Kier molecular flexibility index (Phi) is 3.88. The fourth-order valence-corrected chi connectivity index (χ4v) is 2.60. The van der Waals surface area contributed by atoms with Gasteiger partial charge in [-0.2, -0.15) is 11.8 Å². The van der Waals surface area contributed by atoms with Crippen molar-refractivity contribution in [3.05, 3.63) is 0 Å². The van der Waals surface area contributed by atoms with Gasteiger partial charge < -0.3 is 9.84 Å². The first-order chi connectivity index (χ1) is 5.74. The summed E-state index contributed by atoms with van der Waals surface area (Å²) in [7, 11) is 1.35. The Morgan fingerprint density at radius 1 is 1.83 bits per heavy atom. The van der Waals surface area contributed by atoms with Crippen LogP contribution in [-0.4, -0.2) is 35.8 Å². The molecule has 1 heterocycles. The second kappa shape index (κ2) is 4.72. The predicted octanol–water partition coefficient (Wildman–Crippen LogP) is 0.663. The SMILES string of the molecule is COC(=O)C[C@H](O)C1CCSC1. The molecule has 1 N–H and O–H groups in total. The van der Waals surface area contributed by atoms with Gasteiger partial charge in [0.05, 0.1) is 19.6 Å². The van der Waals surface area contributed by atoms with Gasteiger partial charge in [0.1, 0.15) is 0 Å². The van der Waals surface area contributed by atoms with Crippen LogP contribution in [0.4, 0.5) is 0 Å². The summed E-state index contributed by atoms with van der Waals surface area (Å²) in [6.07, 6.45) is 0.650. The minimum Gasteiger partial charge on any atom is -0.469 e. The van der Waals surface area contributed by atoms with Crippen molar-refractivity contribution >= 4 is 17.7 Å². The highest BCUT2D eigenvalue weighted by Gasteiger charge is 2.25. The molecule has 0 amide bonds. The number of thioether (sulfide) groups is 1. The van der Waals surface area contributed by atoms with Gasteiger partial charge in [-0.25, -0.2) is 0 Å². The summed E-state index contributed by atoms with van der Waals surface area (Å²) in [5, 5.41) is 9.54. The molecule has 1 unspecified atom stereocenters. The highest BCUT2D eigenvalue weighted by atomic mass is 32.2. The quantitative estimate of drug-likeness (QED) is 0.664. The predicted molar refractivity (Wildman–Crippen MR) is 48.1 cm³/mol. The second-order valence-electron chi connectivity index (χ2n) is 2.97. The van der Waals surface area contributed by atoms with E-state index in [-0.39, 0.29) is 18.3 Å². The van der Waals surface area contributed by atoms with Gasteiger partial charge in [-0.3, -0.25) is 4.79 Å². The molecule has 0 radical (unpaired) electrons. The lowest BCUT2D eigenvalue weighted by Gasteiger charge is -2.14. The molecule has 1 fully saturated rings. The summed E-state index contributed by atoms with van der Waals surface area (Å²) in [4.78, 5) is 10.8. The number of carbonyl (C=O) groups is 1. The van der Waals surface area contributed by atoms with E-state index < -0.39 is 6.10 Å². The largest absolute Gasteiger partial charge is 0.469 e. The Morgan fingerprint density at radius 3 is 3.08 bits per heavy atom. The first-order valence-corrected chi connectivity index (χ1v) is 5.22. The molecule has 1 rings (SSSR count). The van der Waals surface area contributed by atoms with Crippen LogP contribution in [0.1, 0.15) is 12.8 Å². The van der Waals surface area contributed by atoms with Crippen LogP contribution in [0.3, 0.4) is 0 Å². The van der Waals surface area contributed by atoms with Crippen molar-refractivity contribution in [2.24, 2.45) is 5.92 Å². The monoisotopic (exact) mass is 190 g/mol. The molecule has 0 aromatic rings. The molecule has 0 aromatic heterocycles. The molecule has 0 bridgehead atoms. The van der Waals surface area contributed by atoms with Crippen molar-refractivity contribution in [1.29, 1.82) is 0 Å². The summed E-state index contributed by atoms with van der Waals surface area (Å²) >= 11 is 1.83. The Bertz CT molecular complexity index is 154. The van der Waals surface area contributed by atoms with Gasteiger partial charge in [-0.05, 0) is 23.8 Å². The molecule has 0 aromatic carbocycles. The van der Waals surface area contributed by atoms with Gasteiger partial charge in [-0.15, -0.1) is 0 Å². The molecule has 12 heavy (non-hydrogen) atoms. The van der Waals surface area contributed by atoms with Crippen molar-refractivity contribution in [3.63, 3.8) is 0 Å². The van der Waals surface area contributed by atoms with Crippen LogP contribution >= 0.6 is 11.8 Å². The van der Waals surface area contributed by atoms with Gasteiger partial charge >= 0.3 is 5.97 Å². The third-order valence-electron chi connectivity index (χ3n) is 2.11. The van der Waals surface area contributed by atoms with Gasteiger partial charge in [0, 0.05) is 0 Å². The summed E-state index contributed by atoms with van der Waals surface area (Å²) in [6.45, 7) is 0. The van der Waals surface area contributed by atoms with Gasteiger partial charge in [-0.1, -0.05) is 0 Å². The molecular formula is C8H14O3S. The normalized spacial score (nSPS) is 25.3. The second-order valence-corrected chi connectivity index (χ2v) is 4.12. The summed E-state index contributed by atoms with van der Waals surface area (Å²) in [5.74, 6) is 2.04. The van der Waals surface area contributed by atoms with E-state index in [9.17, 15) is 9.90 Å². The summed E-state index contributed by atoms with van der Waals surface area (Å²) in [6, 6.07) is 0. The summed E-state index contributed by atoms with van der Waals surface area (Å²) in [5.41, 5.74) is 0. The van der Waals surface area contributed by atoms with Crippen molar-refractivity contribution in [2.75, 3.05) is 18.6 Å². The Balaban J connectivity index is 2.26. The molecule has 1 aliphatic heterocycles. The number of ether oxygens (including phenoxy) is 1. The van der Waals surface area contributed by atoms with Crippen molar-refractivity contribution in [1.82, 2.24) is 0 Å². The Hall–Kier alpha value is -0.220. The number of hydrogen-bond acceptors (Lipinski definition) is 4. The molecule has 0 spiro atoms. The van der Waals surface area contributed by atoms with E-state index in [1.54, 1.807) is 0 Å². The van der Waals surface area contributed by atoms with Crippen LogP contribution in [0.5, 0.6) is 0 Å². The minimum absolute atomic E-state index is 0.141. The van der Waals surface area contributed by atoms with Crippen LogP contribution < -0.4 is 0 Å². The van der Waals surface area contributed by atoms with Crippen molar-refractivity contribution < 1.29 is 14.6 Å². The van der Waals surface area contributed by atoms with Crippen LogP contribution in [0.25, 0.3) is 0 Å². The summed E-state index contributed by atoms with van der Waals surface area (Å²) < 4.78 is 4.47.